The molecular weight excluding hydrogens is 290 g/mol. The zero-order chi connectivity index (χ0) is 15.4. The minimum atomic E-state index is -0.126. The fourth-order valence-corrected chi connectivity index (χ4v) is 2.85. The monoisotopic (exact) mass is 311 g/mol. The molecule has 1 aromatic rings. The first-order chi connectivity index (χ1) is 10.1. The number of nitrogen functional groups attached to an aromatic ring is 1. The van der Waals surface area contributed by atoms with E-state index in [2.05, 4.69) is 29.3 Å². The SMILES string of the molecule is CCC1CN(C)CCCN1C(=O)c1nc(NN)ccc1Cl. The number of anilines is 1. The molecule has 1 atom stereocenters. The van der Waals surface area contributed by atoms with Crippen LogP contribution in [0.15, 0.2) is 12.1 Å². The van der Waals surface area contributed by atoms with Gasteiger partial charge < -0.3 is 15.2 Å². The van der Waals surface area contributed by atoms with Gasteiger partial charge in [0.25, 0.3) is 5.91 Å². The van der Waals surface area contributed by atoms with Crippen molar-refractivity contribution in [2.75, 3.05) is 32.1 Å². The molecule has 1 aliphatic rings. The van der Waals surface area contributed by atoms with Gasteiger partial charge in [0.1, 0.15) is 11.5 Å². The summed E-state index contributed by atoms with van der Waals surface area (Å²) in [5, 5.41) is 0.353. The number of nitrogens with two attached hydrogens (primary N) is 1. The maximum absolute atomic E-state index is 12.8. The highest BCUT2D eigenvalue weighted by Crippen LogP contribution is 2.21. The second-order valence-electron chi connectivity index (χ2n) is 5.35. The summed E-state index contributed by atoms with van der Waals surface area (Å²) in [4.78, 5) is 21.2. The van der Waals surface area contributed by atoms with E-state index in [0.29, 0.717) is 10.8 Å². The molecule has 7 heteroatoms. The predicted molar refractivity (Wildman–Crippen MR) is 84.3 cm³/mol. The smallest absolute Gasteiger partial charge is 0.274 e. The Morgan fingerprint density at radius 1 is 1.52 bits per heavy atom. The van der Waals surface area contributed by atoms with E-state index in [1.54, 1.807) is 12.1 Å². The van der Waals surface area contributed by atoms with Crippen molar-refractivity contribution < 1.29 is 4.79 Å². The van der Waals surface area contributed by atoms with Gasteiger partial charge in [0.05, 0.1) is 5.02 Å². The summed E-state index contributed by atoms with van der Waals surface area (Å²) in [5.41, 5.74) is 2.71. The van der Waals surface area contributed by atoms with Gasteiger partial charge in [0, 0.05) is 19.1 Å². The van der Waals surface area contributed by atoms with E-state index in [1.165, 1.54) is 0 Å². The van der Waals surface area contributed by atoms with Gasteiger partial charge in [-0.3, -0.25) is 4.79 Å². The van der Waals surface area contributed by atoms with Crippen molar-refractivity contribution in [2.24, 2.45) is 5.84 Å². The van der Waals surface area contributed by atoms with Crippen molar-refractivity contribution in [3.63, 3.8) is 0 Å². The number of carbonyl (C=O) groups is 1. The zero-order valence-electron chi connectivity index (χ0n) is 12.5. The van der Waals surface area contributed by atoms with Crippen molar-refractivity contribution in [1.82, 2.24) is 14.8 Å². The summed E-state index contributed by atoms with van der Waals surface area (Å²) in [5.74, 6) is 5.66. The van der Waals surface area contributed by atoms with Crippen LogP contribution < -0.4 is 11.3 Å². The van der Waals surface area contributed by atoms with Gasteiger partial charge in [-0.05, 0) is 38.6 Å². The number of hydrogen-bond donors (Lipinski definition) is 2. The number of carbonyl (C=O) groups excluding carboxylic acids is 1. The van der Waals surface area contributed by atoms with Crippen LogP contribution in [0.3, 0.4) is 0 Å². The molecule has 0 aromatic carbocycles. The number of hydrazine groups is 1. The van der Waals surface area contributed by atoms with Crippen LogP contribution in [0.2, 0.25) is 5.02 Å². The number of aromatic nitrogens is 1. The first kappa shape index (κ1) is 16.0. The number of halogens is 1. The summed E-state index contributed by atoms with van der Waals surface area (Å²) < 4.78 is 0. The molecule has 2 heterocycles. The van der Waals surface area contributed by atoms with Gasteiger partial charge in [0.2, 0.25) is 0 Å². The third-order valence-electron chi connectivity index (χ3n) is 3.83. The topological polar surface area (TPSA) is 74.5 Å². The molecule has 0 radical (unpaired) electrons. The van der Waals surface area contributed by atoms with Crippen LogP contribution in [-0.2, 0) is 0 Å². The highest BCUT2D eigenvalue weighted by Gasteiger charge is 2.28. The second kappa shape index (κ2) is 7.06. The van der Waals surface area contributed by atoms with Crippen LogP contribution in [0.5, 0.6) is 0 Å². The fraction of sp³-hybridized carbons (Fsp3) is 0.571. The molecule has 0 bridgehead atoms. The molecule has 1 amide bonds. The molecule has 116 valence electrons. The molecule has 1 unspecified atom stereocenters. The summed E-state index contributed by atoms with van der Waals surface area (Å²) in [7, 11) is 2.08. The maximum Gasteiger partial charge on any atom is 0.274 e. The number of amides is 1. The molecule has 0 saturated carbocycles. The molecule has 1 aliphatic heterocycles. The van der Waals surface area contributed by atoms with Crippen LogP contribution in [0, 0.1) is 0 Å². The molecule has 1 aromatic heterocycles. The Morgan fingerprint density at radius 3 is 2.95 bits per heavy atom. The van der Waals surface area contributed by atoms with Crippen LogP contribution in [0.4, 0.5) is 5.82 Å². The predicted octanol–water partition coefficient (Wildman–Crippen LogP) is 1.58. The molecule has 0 aliphatic carbocycles. The lowest BCUT2D eigenvalue weighted by atomic mass is 10.1. The minimum Gasteiger partial charge on any atom is -0.333 e. The highest BCUT2D eigenvalue weighted by atomic mass is 35.5. The molecule has 21 heavy (non-hydrogen) atoms. The zero-order valence-corrected chi connectivity index (χ0v) is 13.2. The van der Waals surface area contributed by atoms with Gasteiger partial charge in [0.15, 0.2) is 0 Å². The van der Waals surface area contributed by atoms with Crippen LogP contribution in [0.1, 0.15) is 30.3 Å². The summed E-state index contributed by atoms with van der Waals surface area (Å²) in [6.45, 7) is 4.68. The summed E-state index contributed by atoms with van der Waals surface area (Å²) >= 11 is 6.14. The highest BCUT2D eigenvalue weighted by molar-refractivity contribution is 6.33. The molecule has 0 spiro atoms. The standard InChI is InChI=1S/C14H22ClN5O/c1-3-10-9-19(2)7-4-8-20(10)14(21)13-11(15)5-6-12(17-13)18-16/h5-6,10H,3-4,7-9,16H2,1-2H3,(H,17,18). The lowest BCUT2D eigenvalue weighted by Crippen LogP contribution is -2.44. The number of pyridine rings is 1. The molecule has 3 N–H and O–H groups in total. The summed E-state index contributed by atoms with van der Waals surface area (Å²) in [6, 6.07) is 3.46. The largest absolute Gasteiger partial charge is 0.333 e. The normalized spacial score (nSPS) is 20.2. The Balaban J connectivity index is 2.28. The van der Waals surface area contributed by atoms with Crippen molar-refractivity contribution in [1.29, 1.82) is 0 Å². The molecular formula is C14H22ClN5O. The van der Waals surface area contributed by atoms with E-state index in [9.17, 15) is 4.79 Å². The Hall–Kier alpha value is -1.37. The van der Waals surface area contributed by atoms with Gasteiger partial charge in [-0.1, -0.05) is 18.5 Å². The van der Waals surface area contributed by atoms with E-state index in [0.717, 1.165) is 32.5 Å². The van der Waals surface area contributed by atoms with E-state index < -0.39 is 0 Å². The van der Waals surface area contributed by atoms with Crippen molar-refractivity contribution in [2.45, 2.75) is 25.8 Å². The van der Waals surface area contributed by atoms with Crippen molar-refractivity contribution in [3.05, 3.63) is 22.8 Å². The average Bonchev–Trinajstić information content (AvgIpc) is 2.68. The molecule has 1 fully saturated rings. The van der Waals surface area contributed by atoms with E-state index in [-0.39, 0.29) is 17.6 Å². The number of nitrogens with one attached hydrogen (secondary N) is 1. The number of likely N-dealkylation sites (N-methyl/N-ethyl adjacent to an activating group) is 1. The van der Waals surface area contributed by atoms with Crippen molar-refractivity contribution in [3.8, 4) is 0 Å². The van der Waals surface area contributed by atoms with Crippen LogP contribution in [0.25, 0.3) is 0 Å². The quantitative estimate of drug-likeness (QED) is 0.655. The van der Waals surface area contributed by atoms with Gasteiger partial charge in [-0.25, -0.2) is 10.8 Å². The van der Waals surface area contributed by atoms with E-state index in [4.69, 9.17) is 17.4 Å². The Morgan fingerprint density at radius 2 is 2.29 bits per heavy atom. The van der Waals surface area contributed by atoms with Crippen molar-refractivity contribution >= 4 is 23.3 Å². The van der Waals surface area contributed by atoms with Gasteiger partial charge in [-0.15, -0.1) is 0 Å². The fourth-order valence-electron chi connectivity index (χ4n) is 2.67. The number of hydrogen-bond acceptors (Lipinski definition) is 5. The average molecular weight is 312 g/mol. The third-order valence-corrected chi connectivity index (χ3v) is 4.14. The minimum absolute atomic E-state index is 0.126. The van der Waals surface area contributed by atoms with Gasteiger partial charge in [-0.2, -0.15) is 0 Å². The lowest BCUT2D eigenvalue weighted by molar-refractivity contribution is 0.0670. The molecule has 6 nitrogen and oxygen atoms in total. The Bertz CT molecular complexity index is 510. The Labute approximate surface area is 130 Å². The second-order valence-corrected chi connectivity index (χ2v) is 5.75. The van der Waals surface area contributed by atoms with Crippen LogP contribution >= 0.6 is 11.6 Å². The lowest BCUT2D eigenvalue weighted by Gasteiger charge is -2.30. The van der Waals surface area contributed by atoms with Crippen LogP contribution in [-0.4, -0.2) is 53.4 Å². The summed E-state index contributed by atoms with van der Waals surface area (Å²) in [6.07, 6.45) is 1.85. The number of rotatable bonds is 3. The van der Waals surface area contributed by atoms with Gasteiger partial charge >= 0.3 is 0 Å². The first-order valence-corrected chi connectivity index (χ1v) is 7.57. The number of nitrogens with zero attached hydrogens (tertiary/aromatic N) is 3. The first-order valence-electron chi connectivity index (χ1n) is 7.19. The Kier molecular flexibility index (Phi) is 5.39. The molecule has 1 saturated heterocycles. The molecule has 2 rings (SSSR count). The van der Waals surface area contributed by atoms with E-state index >= 15 is 0 Å². The maximum atomic E-state index is 12.8. The third kappa shape index (κ3) is 3.64. The van der Waals surface area contributed by atoms with E-state index in [1.807, 2.05) is 4.90 Å².